The van der Waals surface area contributed by atoms with Crippen LogP contribution in [0.1, 0.15) is 16.7 Å². The maximum Gasteiger partial charge on any atom is 0.265 e. The molecule has 6 heteroatoms. The van der Waals surface area contributed by atoms with Gasteiger partial charge < -0.3 is 4.74 Å². The van der Waals surface area contributed by atoms with Gasteiger partial charge in [0.15, 0.2) is 5.11 Å². The average molecular weight is 392 g/mol. The molecule has 142 valence electrons. The van der Waals surface area contributed by atoms with Crippen LogP contribution in [-0.2, 0) is 16.2 Å². The monoisotopic (exact) mass is 392 g/mol. The maximum absolute atomic E-state index is 12.6. The molecule has 0 saturated carbocycles. The molecule has 0 atom stereocenters. The number of hydrogen-bond donors (Lipinski definition) is 1. The van der Waals surface area contributed by atoms with Crippen molar-refractivity contribution in [1.82, 2.24) is 10.2 Å². The number of nitrogens with zero attached hydrogens (tertiary/aromatic N) is 1. The quantitative estimate of drug-likeness (QED) is 0.354. The fourth-order valence-corrected chi connectivity index (χ4v) is 3.04. The van der Waals surface area contributed by atoms with Gasteiger partial charge in [-0.15, -0.1) is 6.58 Å². The summed E-state index contributed by atoms with van der Waals surface area (Å²) in [6.07, 6.45) is 3.13. The van der Waals surface area contributed by atoms with E-state index in [2.05, 4.69) is 11.9 Å². The minimum atomic E-state index is -0.501. The predicted molar refractivity (Wildman–Crippen MR) is 113 cm³/mol. The number of hydrogen-bond acceptors (Lipinski definition) is 4. The largest absolute Gasteiger partial charge is 0.489 e. The highest BCUT2D eigenvalue weighted by Gasteiger charge is 2.32. The number of benzene rings is 2. The van der Waals surface area contributed by atoms with Gasteiger partial charge in [0.05, 0.1) is 0 Å². The highest BCUT2D eigenvalue weighted by molar-refractivity contribution is 7.80. The molecule has 1 aliphatic heterocycles. The normalized spacial score (nSPS) is 15.5. The Kier molecular flexibility index (Phi) is 6.01. The number of rotatable bonds is 6. The van der Waals surface area contributed by atoms with E-state index in [1.807, 2.05) is 55.5 Å². The minimum Gasteiger partial charge on any atom is -0.489 e. The molecule has 2 aromatic rings. The van der Waals surface area contributed by atoms with E-state index in [9.17, 15) is 9.59 Å². The standard InChI is InChI=1S/C22H20N2O3S/c1-3-11-24-21(26)19(20(25)23-22(24)28)13-17-9-10-18(12-15(17)2)27-14-16-7-5-4-6-8-16/h3-10,12-13H,1,11,14H2,2H3,(H,23,25,28)/b19-13+. The highest BCUT2D eigenvalue weighted by Crippen LogP contribution is 2.22. The number of amides is 2. The molecule has 0 aliphatic carbocycles. The summed E-state index contributed by atoms with van der Waals surface area (Å²) >= 11 is 5.06. The summed E-state index contributed by atoms with van der Waals surface area (Å²) in [7, 11) is 0. The van der Waals surface area contributed by atoms with E-state index >= 15 is 0 Å². The van der Waals surface area contributed by atoms with Gasteiger partial charge in [-0.05, 0) is 54.0 Å². The van der Waals surface area contributed by atoms with Crippen LogP contribution in [0.15, 0.2) is 66.8 Å². The molecule has 0 spiro atoms. The fourth-order valence-electron chi connectivity index (χ4n) is 2.79. The maximum atomic E-state index is 12.6. The summed E-state index contributed by atoms with van der Waals surface area (Å²) in [4.78, 5) is 26.2. The zero-order chi connectivity index (χ0) is 20.1. The van der Waals surface area contributed by atoms with Gasteiger partial charge in [-0.1, -0.05) is 42.5 Å². The van der Waals surface area contributed by atoms with E-state index in [0.717, 1.165) is 22.4 Å². The molecule has 0 radical (unpaired) electrons. The molecule has 1 N–H and O–H groups in total. The number of nitrogens with one attached hydrogen (secondary N) is 1. The smallest absolute Gasteiger partial charge is 0.265 e. The molecule has 0 bridgehead atoms. The highest BCUT2D eigenvalue weighted by atomic mass is 32.1. The van der Waals surface area contributed by atoms with Gasteiger partial charge in [0.1, 0.15) is 17.9 Å². The summed E-state index contributed by atoms with van der Waals surface area (Å²) in [5.41, 5.74) is 2.77. The molecule has 5 nitrogen and oxygen atoms in total. The molecular weight excluding hydrogens is 372 g/mol. The summed E-state index contributed by atoms with van der Waals surface area (Å²) in [6, 6.07) is 15.4. The summed E-state index contributed by atoms with van der Waals surface area (Å²) in [5, 5.41) is 2.63. The van der Waals surface area contributed by atoms with Crippen LogP contribution in [0.25, 0.3) is 6.08 Å². The SMILES string of the molecule is C=CCN1C(=O)/C(=C/c2ccc(OCc3ccccc3)cc2C)C(=O)NC1=S. The van der Waals surface area contributed by atoms with Crippen molar-refractivity contribution in [2.75, 3.05) is 6.54 Å². The zero-order valence-corrected chi connectivity index (χ0v) is 16.3. The molecule has 1 aliphatic rings. The van der Waals surface area contributed by atoms with Crippen molar-refractivity contribution in [2.45, 2.75) is 13.5 Å². The van der Waals surface area contributed by atoms with E-state index in [4.69, 9.17) is 17.0 Å². The van der Waals surface area contributed by atoms with E-state index < -0.39 is 11.8 Å². The number of aryl methyl sites for hydroxylation is 1. The topological polar surface area (TPSA) is 58.6 Å². The second-order valence-corrected chi connectivity index (χ2v) is 6.70. The lowest BCUT2D eigenvalue weighted by Crippen LogP contribution is -2.53. The van der Waals surface area contributed by atoms with Crippen LogP contribution in [0, 0.1) is 6.92 Å². The van der Waals surface area contributed by atoms with Gasteiger partial charge in [-0.25, -0.2) is 0 Å². The molecule has 2 amide bonds. The van der Waals surface area contributed by atoms with Gasteiger partial charge in [0.25, 0.3) is 11.8 Å². The molecule has 1 saturated heterocycles. The van der Waals surface area contributed by atoms with E-state index in [1.54, 1.807) is 12.2 Å². The van der Waals surface area contributed by atoms with Crippen LogP contribution in [0.3, 0.4) is 0 Å². The first-order chi connectivity index (χ1) is 13.5. The molecule has 2 aromatic carbocycles. The number of carbonyl (C=O) groups excluding carboxylic acids is 2. The Morgan fingerprint density at radius 3 is 2.61 bits per heavy atom. The van der Waals surface area contributed by atoms with Gasteiger partial charge in [0, 0.05) is 6.54 Å². The van der Waals surface area contributed by atoms with E-state index in [-0.39, 0.29) is 17.2 Å². The Bertz CT molecular complexity index is 967. The average Bonchev–Trinajstić information content (AvgIpc) is 2.69. The van der Waals surface area contributed by atoms with Crippen LogP contribution in [0.2, 0.25) is 0 Å². The van der Waals surface area contributed by atoms with Crippen LogP contribution in [0.4, 0.5) is 0 Å². The molecule has 28 heavy (non-hydrogen) atoms. The fraction of sp³-hybridized carbons (Fsp3) is 0.136. The molecule has 0 aromatic heterocycles. The van der Waals surface area contributed by atoms with Crippen LogP contribution < -0.4 is 10.1 Å². The Morgan fingerprint density at radius 1 is 1.18 bits per heavy atom. The Labute approximate surface area is 169 Å². The van der Waals surface area contributed by atoms with Gasteiger partial charge in [0.2, 0.25) is 0 Å². The summed E-state index contributed by atoms with van der Waals surface area (Å²) in [6.45, 7) is 6.22. The first-order valence-electron chi connectivity index (χ1n) is 8.76. The predicted octanol–water partition coefficient (Wildman–Crippen LogP) is 3.39. The van der Waals surface area contributed by atoms with Crippen molar-refractivity contribution in [3.63, 3.8) is 0 Å². The van der Waals surface area contributed by atoms with Gasteiger partial charge in [-0.3, -0.25) is 19.8 Å². The zero-order valence-electron chi connectivity index (χ0n) is 15.5. The van der Waals surface area contributed by atoms with Crippen molar-refractivity contribution in [3.8, 4) is 5.75 Å². The van der Waals surface area contributed by atoms with E-state index in [0.29, 0.717) is 6.61 Å². The Balaban J connectivity index is 1.79. The van der Waals surface area contributed by atoms with Crippen molar-refractivity contribution >= 4 is 35.2 Å². The van der Waals surface area contributed by atoms with Gasteiger partial charge >= 0.3 is 0 Å². The molecular formula is C22H20N2O3S. The number of ether oxygens (including phenoxy) is 1. The van der Waals surface area contributed by atoms with Crippen molar-refractivity contribution in [2.24, 2.45) is 0 Å². The molecule has 1 heterocycles. The third-order valence-corrected chi connectivity index (χ3v) is 4.61. The van der Waals surface area contributed by atoms with Crippen molar-refractivity contribution in [3.05, 3.63) is 83.4 Å². The van der Waals surface area contributed by atoms with Crippen molar-refractivity contribution in [1.29, 1.82) is 0 Å². The van der Waals surface area contributed by atoms with Crippen LogP contribution in [-0.4, -0.2) is 28.4 Å². The van der Waals surface area contributed by atoms with E-state index in [1.165, 1.54) is 4.90 Å². The number of carbonyl (C=O) groups is 2. The first-order valence-corrected chi connectivity index (χ1v) is 9.17. The first kappa shape index (κ1) is 19.5. The third-order valence-electron chi connectivity index (χ3n) is 4.29. The second kappa shape index (κ2) is 8.63. The lowest BCUT2D eigenvalue weighted by Gasteiger charge is -2.27. The minimum absolute atomic E-state index is 0.0384. The summed E-state index contributed by atoms with van der Waals surface area (Å²) < 4.78 is 5.82. The lowest BCUT2D eigenvalue weighted by atomic mass is 10.0. The molecule has 0 unspecified atom stereocenters. The second-order valence-electron chi connectivity index (χ2n) is 6.31. The van der Waals surface area contributed by atoms with Crippen LogP contribution >= 0.6 is 12.2 Å². The van der Waals surface area contributed by atoms with Crippen LogP contribution in [0.5, 0.6) is 5.75 Å². The summed E-state index contributed by atoms with van der Waals surface area (Å²) in [5.74, 6) is -0.214. The molecule has 1 fully saturated rings. The van der Waals surface area contributed by atoms with Gasteiger partial charge in [-0.2, -0.15) is 0 Å². The lowest BCUT2D eigenvalue weighted by molar-refractivity contribution is -0.128. The molecule has 3 rings (SSSR count). The Morgan fingerprint density at radius 2 is 1.93 bits per heavy atom. The third kappa shape index (κ3) is 4.35. The number of thiocarbonyl (C=S) groups is 1. The Hall–Kier alpha value is -3.25. The van der Waals surface area contributed by atoms with Crippen molar-refractivity contribution < 1.29 is 14.3 Å².